The number of pyridine rings is 1. The number of tetrazole rings is 1. The van der Waals surface area contributed by atoms with Gasteiger partial charge in [-0.25, -0.2) is 9.07 Å². The smallest absolute Gasteiger partial charge is 0.252 e. The molecule has 0 radical (unpaired) electrons. The predicted octanol–water partition coefficient (Wildman–Crippen LogP) is 4.53. The van der Waals surface area contributed by atoms with Crippen LogP contribution in [-0.2, 0) is 26.2 Å². The second kappa shape index (κ2) is 10.9. The molecule has 0 aliphatic rings. The molecule has 2 aromatic heterocycles. The lowest BCUT2D eigenvalue weighted by Gasteiger charge is -2.22. The highest BCUT2D eigenvalue weighted by Gasteiger charge is 2.17. The van der Waals surface area contributed by atoms with Crippen LogP contribution in [0.15, 0.2) is 71.5 Å². The number of aryl methyl sites for hydroxylation is 2. The Balaban J connectivity index is 1.45. The Labute approximate surface area is 219 Å². The van der Waals surface area contributed by atoms with E-state index < -0.39 is 0 Å². The molecule has 0 amide bonds. The van der Waals surface area contributed by atoms with Gasteiger partial charge in [0.05, 0.1) is 25.7 Å². The molecule has 0 bridgehead atoms. The number of rotatable bonds is 9. The summed E-state index contributed by atoms with van der Waals surface area (Å²) in [4.78, 5) is 18.3. The summed E-state index contributed by atoms with van der Waals surface area (Å²) in [6.07, 6.45) is 0. The van der Waals surface area contributed by atoms with Crippen molar-refractivity contribution in [2.75, 3.05) is 7.11 Å². The van der Waals surface area contributed by atoms with E-state index in [1.807, 2.05) is 44.2 Å². The molecule has 0 aliphatic heterocycles. The molecule has 1 N–H and O–H groups in total. The third-order valence-corrected chi connectivity index (χ3v) is 6.55. The van der Waals surface area contributed by atoms with Crippen LogP contribution in [0.25, 0.3) is 10.9 Å². The summed E-state index contributed by atoms with van der Waals surface area (Å²) in [6.45, 7) is 5.83. The molecule has 38 heavy (non-hydrogen) atoms. The zero-order valence-corrected chi connectivity index (χ0v) is 21.6. The summed E-state index contributed by atoms with van der Waals surface area (Å²) in [5.74, 6) is 1.13. The number of aromatic nitrogens is 5. The molecule has 5 rings (SSSR count). The van der Waals surface area contributed by atoms with Crippen LogP contribution in [0.3, 0.4) is 0 Å². The van der Waals surface area contributed by atoms with Crippen LogP contribution >= 0.6 is 0 Å². The minimum atomic E-state index is -0.289. The number of benzene rings is 3. The minimum Gasteiger partial charge on any atom is -0.497 e. The molecule has 3 aromatic carbocycles. The van der Waals surface area contributed by atoms with Crippen LogP contribution in [-0.4, -0.2) is 37.2 Å². The van der Waals surface area contributed by atoms with Gasteiger partial charge in [-0.1, -0.05) is 35.9 Å². The Bertz CT molecular complexity index is 1610. The third-order valence-electron chi connectivity index (χ3n) is 6.55. The first-order chi connectivity index (χ1) is 18.4. The molecule has 2 heterocycles. The molecule has 0 unspecified atom stereocenters. The van der Waals surface area contributed by atoms with Gasteiger partial charge in [-0.3, -0.25) is 9.69 Å². The van der Waals surface area contributed by atoms with E-state index in [1.54, 1.807) is 23.9 Å². The van der Waals surface area contributed by atoms with Gasteiger partial charge in [0, 0.05) is 18.7 Å². The molecule has 0 atom stereocenters. The van der Waals surface area contributed by atoms with Crippen LogP contribution in [0.1, 0.15) is 33.6 Å². The minimum absolute atomic E-state index is 0.116. The van der Waals surface area contributed by atoms with E-state index in [0.717, 1.165) is 38.9 Å². The van der Waals surface area contributed by atoms with Gasteiger partial charge in [-0.05, 0) is 82.7 Å². The van der Waals surface area contributed by atoms with E-state index in [0.29, 0.717) is 37.6 Å². The number of H-pyrrole nitrogens is 1. The van der Waals surface area contributed by atoms with Crippen molar-refractivity contribution in [3.05, 3.63) is 117 Å². The Hall–Kier alpha value is -4.37. The maximum atomic E-state index is 13.4. The Kier molecular flexibility index (Phi) is 7.28. The number of aromatic amines is 1. The van der Waals surface area contributed by atoms with Gasteiger partial charge in [-0.2, -0.15) is 0 Å². The lowest BCUT2D eigenvalue weighted by molar-refractivity contribution is 0.236. The first kappa shape index (κ1) is 25.3. The molecule has 0 saturated carbocycles. The molecule has 8 nitrogen and oxygen atoms in total. The van der Waals surface area contributed by atoms with E-state index in [9.17, 15) is 9.18 Å². The number of nitrogens with zero attached hydrogens (tertiary/aromatic N) is 5. The summed E-state index contributed by atoms with van der Waals surface area (Å²) < 4.78 is 20.4. The van der Waals surface area contributed by atoms with Crippen molar-refractivity contribution in [2.45, 2.75) is 40.0 Å². The van der Waals surface area contributed by atoms with E-state index in [4.69, 9.17) is 4.74 Å². The summed E-state index contributed by atoms with van der Waals surface area (Å²) in [6, 6.07) is 20.2. The van der Waals surface area contributed by atoms with Crippen molar-refractivity contribution in [3.63, 3.8) is 0 Å². The molecule has 0 spiro atoms. The predicted molar refractivity (Wildman–Crippen MR) is 143 cm³/mol. The van der Waals surface area contributed by atoms with Gasteiger partial charge in [0.15, 0.2) is 5.82 Å². The molecule has 9 heteroatoms. The lowest BCUT2D eigenvalue weighted by atomic mass is 10.0. The Morgan fingerprint density at radius 3 is 2.42 bits per heavy atom. The fourth-order valence-electron chi connectivity index (χ4n) is 4.67. The maximum absolute atomic E-state index is 13.4. The van der Waals surface area contributed by atoms with Crippen LogP contribution < -0.4 is 10.3 Å². The van der Waals surface area contributed by atoms with E-state index in [-0.39, 0.29) is 11.4 Å². The highest BCUT2D eigenvalue weighted by Crippen LogP contribution is 2.20. The Morgan fingerprint density at radius 1 is 0.947 bits per heavy atom. The van der Waals surface area contributed by atoms with Gasteiger partial charge in [0.25, 0.3) is 5.56 Å². The van der Waals surface area contributed by atoms with Gasteiger partial charge in [0.1, 0.15) is 11.6 Å². The molecular weight excluding hydrogens is 483 g/mol. The number of methoxy groups -OCH3 is 1. The summed E-state index contributed by atoms with van der Waals surface area (Å²) in [7, 11) is 1.64. The van der Waals surface area contributed by atoms with Gasteiger partial charge in [0.2, 0.25) is 0 Å². The van der Waals surface area contributed by atoms with Crippen LogP contribution in [0.2, 0.25) is 0 Å². The molecule has 5 aromatic rings. The monoisotopic (exact) mass is 512 g/mol. The fourth-order valence-corrected chi connectivity index (χ4v) is 4.67. The van der Waals surface area contributed by atoms with E-state index in [2.05, 4.69) is 37.5 Å². The first-order valence-electron chi connectivity index (χ1n) is 12.4. The number of nitrogens with one attached hydrogen (secondary N) is 1. The molecular formula is C29H29FN6O2. The Morgan fingerprint density at radius 2 is 1.68 bits per heavy atom. The van der Waals surface area contributed by atoms with Gasteiger partial charge in [-0.15, -0.1) is 5.10 Å². The summed E-state index contributed by atoms with van der Waals surface area (Å²) in [5.41, 5.74) is 5.53. The normalized spacial score (nSPS) is 11.4. The zero-order chi connectivity index (χ0) is 26.6. The van der Waals surface area contributed by atoms with Crippen molar-refractivity contribution in [2.24, 2.45) is 0 Å². The van der Waals surface area contributed by atoms with E-state index in [1.165, 1.54) is 12.1 Å². The number of hydrogen-bond acceptors (Lipinski definition) is 6. The molecule has 0 aliphatic carbocycles. The van der Waals surface area contributed by atoms with Gasteiger partial charge < -0.3 is 9.72 Å². The third kappa shape index (κ3) is 5.78. The van der Waals surface area contributed by atoms with Crippen LogP contribution in [0.4, 0.5) is 4.39 Å². The van der Waals surface area contributed by atoms with Gasteiger partial charge >= 0.3 is 0 Å². The highest BCUT2D eigenvalue weighted by molar-refractivity contribution is 5.82. The van der Waals surface area contributed by atoms with Crippen LogP contribution in [0.5, 0.6) is 5.75 Å². The van der Waals surface area contributed by atoms with Crippen molar-refractivity contribution < 1.29 is 9.13 Å². The maximum Gasteiger partial charge on any atom is 0.252 e. The molecule has 0 fully saturated rings. The average molecular weight is 513 g/mol. The second-order valence-electron chi connectivity index (χ2n) is 9.54. The highest BCUT2D eigenvalue weighted by atomic mass is 19.1. The summed E-state index contributed by atoms with van der Waals surface area (Å²) >= 11 is 0. The van der Waals surface area contributed by atoms with Crippen molar-refractivity contribution in [3.8, 4) is 5.75 Å². The SMILES string of the molecule is COc1ccc(CN(Cc2cc3cc(C)cc(C)c3[nH]c2=O)Cc2nnnn2Cc2ccc(F)cc2)cc1. The molecule has 194 valence electrons. The standard InChI is InChI=1S/C29H29FN6O2/c1-19-12-20(2)28-23(13-19)14-24(29(37)31-28)17-35(15-21-6-10-26(38-3)11-7-21)18-27-32-33-34-36(27)16-22-4-8-25(30)9-5-22/h4-14H,15-18H2,1-3H3,(H,31,37). The largest absolute Gasteiger partial charge is 0.497 e. The first-order valence-corrected chi connectivity index (χ1v) is 12.4. The fraction of sp³-hybridized carbons (Fsp3) is 0.241. The zero-order valence-electron chi connectivity index (χ0n) is 21.6. The number of hydrogen-bond donors (Lipinski definition) is 1. The molecule has 0 saturated heterocycles. The van der Waals surface area contributed by atoms with Crippen molar-refractivity contribution in [1.82, 2.24) is 30.1 Å². The second-order valence-corrected chi connectivity index (χ2v) is 9.54. The van der Waals surface area contributed by atoms with Crippen molar-refractivity contribution >= 4 is 10.9 Å². The quantitative estimate of drug-likeness (QED) is 0.312. The number of fused-ring (bicyclic) bond motifs is 1. The van der Waals surface area contributed by atoms with E-state index >= 15 is 0 Å². The number of halogens is 1. The average Bonchev–Trinajstić information content (AvgIpc) is 3.33. The topological polar surface area (TPSA) is 88.9 Å². The van der Waals surface area contributed by atoms with Crippen molar-refractivity contribution in [1.29, 1.82) is 0 Å². The van der Waals surface area contributed by atoms with Crippen LogP contribution in [0, 0.1) is 19.7 Å². The number of ether oxygens (including phenoxy) is 1. The lowest BCUT2D eigenvalue weighted by Crippen LogP contribution is -2.28. The summed E-state index contributed by atoms with van der Waals surface area (Å²) in [5, 5.41) is 13.3.